The molecule has 7 nitrogen and oxygen atoms in total. The maximum atomic E-state index is 13.0. The summed E-state index contributed by atoms with van der Waals surface area (Å²) >= 11 is 0. The molecule has 2 aromatic rings. The molecule has 4 rings (SSSR count). The molecule has 2 heterocycles. The predicted molar refractivity (Wildman–Crippen MR) is 105 cm³/mol. The first-order valence-electron chi connectivity index (χ1n) is 9.59. The Morgan fingerprint density at radius 2 is 2.14 bits per heavy atom. The average Bonchev–Trinajstić information content (AvgIpc) is 3.10. The van der Waals surface area contributed by atoms with E-state index in [0.717, 1.165) is 16.9 Å². The van der Waals surface area contributed by atoms with E-state index in [1.807, 2.05) is 31.2 Å². The molecule has 1 aliphatic carbocycles. The number of aliphatic hydroxyl groups is 1. The summed E-state index contributed by atoms with van der Waals surface area (Å²) in [5.74, 6) is -0.0546. The molecule has 3 N–H and O–H groups in total. The number of urea groups is 1. The zero-order chi connectivity index (χ0) is 19.7. The Morgan fingerprint density at radius 1 is 1.32 bits per heavy atom. The van der Waals surface area contributed by atoms with E-state index in [9.17, 15) is 14.7 Å². The maximum Gasteiger partial charge on any atom is 0.322 e. The highest BCUT2D eigenvalue weighted by Crippen LogP contribution is 2.37. The van der Waals surface area contributed by atoms with Crippen LogP contribution in [0.15, 0.2) is 42.6 Å². The second-order valence-electron chi connectivity index (χ2n) is 7.48. The zero-order valence-electron chi connectivity index (χ0n) is 15.8. The number of anilines is 1. The molecule has 2 fully saturated rings. The summed E-state index contributed by atoms with van der Waals surface area (Å²) < 4.78 is 0. The number of carbonyl (C=O) groups excluding carboxylic acids is 2. The van der Waals surface area contributed by atoms with E-state index in [4.69, 9.17) is 0 Å². The lowest BCUT2D eigenvalue weighted by atomic mass is 9.76. The number of amides is 3. The van der Waals surface area contributed by atoms with Gasteiger partial charge in [-0.05, 0) is 55.5 Å². The van der Waals surface area contributed by atoms with Crippen molar-refractivity contribution in [3.8, 4) is 0 Å². The van der Waals surface area contributed by atoms with Crippen molar-refractivity contribution in [1.82, 2.24) is 15.6 Å². The lowest BCUT2D eigenvalue weighted by Gasteiger charge is -2.37. The summed E-state index contributed by atoms with van der Waals surface area (Å²) in [6, 6.07) is 10.6. The van der Waals surface area contributed by atoms with Gasteiger partial charge in [0.05, 0.1) is 17.8 Å². The molecule has 1 saturated heterocycles. The molecule has 1 aliphatic heterocycles. The second kappa shape index (κ2) is 7.59. The number of aromatic nitrogens is 1. The highest BCUT2D eigenvalue weighted by atomic mass is 16.3. The van der Waals surface area contributed by atoms with Crippen molar-refractivity contribution in [3.05, 3.63) is 59.4 Å². The van der Waals surface area contributed by atoms with Crippen molar-refractivity contribution < 1.29 is 14.7 Å². The highest BCUT2D eigenvalue weighted by molar-refractivity contribution is 5.99. The summed E-state index contributed by atoms with van der Waals surface area (Å²) in [6.07, 6.45) is 2.69. The first kappa shape index (κ1) is 18.4. The van der Waals surface area contributed by atoms with Crippen LogP contribution < -0.4 is 15.5 Å². The van der Waals surface area contributed by atoms with Gasteiger partial charge in [-0.25, -0.2) is 4.79 Å². The van der Waals surface area contributed by atoms with Gasteiger partial charge >= 0.3 is 6.03 Å². The number of pyridine rings is 1. The minimum absolute atomic E-state index is 0.143. The largest absolute Gasteiger partial charge is 0.393 e. The Labute approximate surface area is 163 Å². The Balaban J connectivity index is 1.57. The van der Waals surface area contributed by atoms with Crippen molar-refractivity contribution >= 4 is 17.6 Å². The molecule has 2 aliphatic rings. The maximum absolute atomic E-state index is 13.0. The summed E-state index contributed by atoms with van der Waals surface area (Å²) in [5, 5.41) is 15.6. The van der Waals surface area contributed by atoms with E-state index in [0.29, 0.717) is 31.5 Å². The number of hydrogen-bond acceptors (Lipinski definition) is 4. The topological polar surface area (TPSA) is 94.6 Å². The van der Waals surface area contributed by atoms with Crippen LogP contribution in [-0.4, -0.2) is 41.2 Å². The van der Waals surface area contributed by atoms with Crippen LogP contribution in [0.4, 0.5) is 10.5 Å². The number of rotatable bonds is 5. The SMILES string of the molecule is Cc1ccc(C(=O)N[C@@H](c2ccccn2)C2CC(O)C2)cc1N1CCNC1=O. The van der Waals surface area contributed by atoms with Gasteiger partial charge in [-0.2, -0.15) is 0 Å². The molecule has 7 heteroatoms. The smallest absolute Gasteiger partial charge is 0.322 e. The van der Waals surface area contributed by atoms with Crippen LogP contribution in [0.3, 0.4) is 0 Å². The molecule has 0 bridgehead atoms. The van der Waals surface area contributed by atoms with Gasteiger partial charge in [-0.1, -0.05) is 12.1 Å². The summed E-state index contributed by atoms with van der Waals surface area (Å²) in [6.45, 7) is 3.11. The van der Waals surface area contributed by atoms with Crippen LogP contribution in [0.25, 0.3) is 0 Å². The monoisotopic (exact) mass is 380 g/mol. The molecule has 0 unspecified atom stereocenters. The molecule has 1 aromatic carbocycles. The van der Waals surface area contributed by atoms with E-state index < -0.39 is 0 Å². The molecular weight excluding hydrogens is 356 g/mol. The van der Waals surface area contributed by atoms with Crippen LogP contribution in [0.5, 0.6) is 0 Å². The number of benzene rings is 1. The van der Waals surface area contributed by atoms with Gasteiger partial charge in [0.2, 0.25) is 0 Å². The fourth-order valence-corrected chi connectivity index (χ4v) is 3.86. The number of nitrogens with one attached hydrogen (secondary N) is 2. The normalized spacial score (nSPS) is 22.4. The standard InChI is InChI=1S/C21H24N4O3/c1-13-5-6-14(12-18(13)25-9-8-23-21(25)28)20(27)24-19(15-10-16(26)11-15)17-4-2-3-7-22-17/h2-7,12,15-16,19,26H,8-11H2,1H3,(H,23,28)(H,24,27)/t15?,16?,19-/m1/s1. The van der Waals surface area contributed by atoms with Gasteiger partial charge < -0.3 is 15.7 Å². The molecule has 1 saturated carbocycles. The molecule has 146 valence electrons. The molecule has 1 atom stereocenters. The zero-order valence-corrected chi connectivity index (χ0v) is 15.8. The van der Waals surface area contributed by atoms with Crippen molar-refractivity contribution in [1.29, 1.82) is 0 Å². The third-order valence-electron chi connectivity index (χ3n) is 5.53. The van der Waals surface area contributed by atoms with Crippen LogP contribution >= 0.6 is 0 Å². The number of hydrogen-bond donors (Lipinski definition) is 3. The molecule has 0 spiro atoms. The van der Waals surface area contributed by atoms with Crippen LogP contribution in [-0.2, 0) is 0 Å². The Bertz CT molecular complexity index is 880. The number of aryl methyl sites for hydroxylation is 1. The Hall–Kier alpha value is -2.93. The molecular formula is C21H24N4O3. The van der Waals surface area contributed by atoms with Gasteiger partial charge in [-0.3, -0.25) is 14.7 Å². The summed E-state index contributed by atoms with van der Waals surface area (Å²) in [7, 11) is 0. The Morgan fingerprint density at radius 3 is 2.79 bits per heavy atom. The molecule has 1 aromatic heterocycles. The predicted octanol–water partition coefficient (Wildman–Crippen LogP) is 2.16. The minimum Gasteiger partial charge on any atom is -0.393 e. The van der Waals surface area contributed by atoms with Gasteiger partial charge in [0.25, 0.3) is 5.91 Å². The quantitative estimate of drug-likeness (QED) is 0.741. The van der Waals surface area contributed by atoms with Gasteiger partial charge in [0.15, 0.2) is 0 Å². The van der Waals surface area contributed by atoms with E-state index in [2.05, 4.69) is 15.6 Å². The number of nitrogens with zero attached hydrogens (tertiary/aromatic N) is 2. The van der Waals surface area contributed by atoms with Crippen molar-refractivity contribution in [2.75, 3.05) is 18.0 Å². The lowest BCUT2D eigenvalue weighted by Crippen LogP contribution is -2.41. The first-order valence-corrected chi connectivity index (χ1v) is 9.59. The fourth-order valence-electron chi connectivity index (χ4n) is 3.86. The third kappa shape index (κ3) is 3.57. The fraction of sp³-hybridized carbons (Fsp3) is 0.381. The minimum atomic E-state index is -0.312. The second-order valence-corrected chi connectivity index (χ2v) is 7.48. The summed E-state index contributed by atoms with van der Waals surface area (Å²) in [5.41, 5.74) is 2.98. The summed E-state index contributed by atoms with van der Waals surface area (Å²) in [4.78, 5) is 31.1. The van der Waals surface area contributed by atoms with Gasteiger partial charge in [0, 0.05) is 30.5 Å². The lowest BCUT2D eigenvalue weighted by molar-refractivity contribution is 0.0228. The van der Waals surface area contributed by atoms with Crippen LogP contribution in [0, 0.1) is 12.8 Å². The van der Waals surface area contributed by atoms with Crippen LogP contribution in [0.1, 0.15) is 40.5 Å². The molecule has 3 amide bonds. The number of carbonyl (C=O) groups is 2. The first-order chi connectivity index (χ1) is 13.5. The van der Waals surface area contributed by atoms with Crippen molar-refractivity contribution in [2.45, 2.75) is 31.9 Å². The van der Waals surface area contributed by atoms with Crippen molar-refractivity contribution in [3.63, 3.8) is 0 Å². The number of aliphatic hydroxyl groups excluding tert-OH is 1. The molecule has 28 heavy (non-hydrogen) atoms. The van der Waals surface area contributed by atoms with E-state index in [-0.39, 0.29) is 30.0 Å². The highest BCUT2D eigenvalue weighted by Gasteiger charge is 2.36. The van der Waals surface area contributed by atoms with E-state index >= 15 is 0 Å². The van der Waals surface area contributed by atoms with Gasteiger partial charge in [0.1, 0.15) is 0 Å². The molecule has 0 radical (unpaired) electrons. The Kier molecular flexibility index (Phi) is 5.00. The van der Waals surface area contributed by atoms with Crippen molar-refractivity contribution in [2.24, 2.45) is 5.92 Å². The van der Waals surface area contributed by atoms with Gasteiger partial charge in [-0.15, -0.1) is 0 Å². The van der Waals surface area contributed by atoms with Crippen LogP contribution in [0.2, 0.25) is 0 Å². The third-order valence-corrected chi connectivity index (χ3v) is 5.53. The van der Waals surface area contributed by atoms with E-state index in [1.165, 1.54) is 0 Å². The average molecular weight is 380 g/mol. The van der Waals surface area contributed by atoms with E-state index in [1.54, 1.807) is 23.2 Å².